The maximum Gasteiger partial charge on any atom is 0.0776 e. The molecule has 0 radical (unpaired) electrons. The first kappa shape index (κ1) is 22.8. The second-order valence-electron chi connectivity index (χ2n) is 11.1. The zero-order chi connectivity index (χ0) is 25.9. The Morgan fingerprint density at radius 2 is 1.13 bits per heavy atom. The van der Waals surface area contributed by atoms with E-state index in [0.29, 0.717) is 0 Å². The molecule has 2 heterocycles. The quantitative estimate of drug-likeness (QED) is 0.217. The molecular formula is C35H30N2Si. The van der Waals surface area contributed by atoms with Crippen LogP contribution in [0.25, 0.3) is 39.0 Å². The lowest BCUT2D eigenvalue weighted by molar-refractivity contribution is 1.13. The molecular weight excluding hydrogens is 476 g/mol. The van der Waals surface area contributed by atoms with E-state index >= 15 is 0 Å². The third-order valence-electron chi connectivity index (χ3n) is 7.68. The van der Waals surface area contributed by atoms with Crippen LogP contribution in [0.4, 0.5) is 17.1 Å². The summed E-state index contributed by atoms with van der Waals surface area (Å²) in [6.45, 7) is 7.30. The predicted octanol–water partition coefficient (Wildman–Crippen LogP) is 9.29. The number of hydrogen-bond acceptors (Lipinski definition) is 1. The van der Waals surface area contributed by atoms with Gasteiger partial charge in [-0.2, -0.15) is 0 Å². The van der Waals surface area contributed by atoms with Crippen LogP contribution in [0.2, 0.25) is 19.6 Å². The van der Waals surface area contributed by atoms with Gasteiger partial charge in [0.2, 0.25) is 0 Å². The van der Waals surface area contributed by atoms with Gasteiger partial charge in [-0.1, -0.05) is 110 Å². The first-order valence-corrected chi connectivity index (χ1v) is 16.8. The molecule has 1 aliphatic rings. The third kappa shape index (κ3) is 3.47. The molecule has 0 saturated heterocycles. The minimum atomic E-state index is -1.56. The lowest BCUT2D eigenvalue weighted by Gasteiger charge is -2.28. The third-order valence-corrected chi connectivity index (χ3v) is 9.72. The Morgan fingerprint density at radius 3 is 1.87 bits per heavy atom. The van der Waals surface area contributed by atoms with Crippen molar-refractivity contribution in [2.24, 2.45) is 0 Å². The summed E-state index contributed by atoms with van der Waals surface area (Å²) in [5, 5.41) is 2.75. The van der Waals surface area contributed by atoms with Crippen molar-refractivity contribution < 1.29 is 0 Å². The fraction of sp³-hybridized carbons (Fsp3) is 0.0857. The van der Waals surface area contributed by atoms with E-state index in [2.05, 4.69) is 157 Å². The average Bonchev–Trinajstić information content (AvgIpc) is 3.23. The van der Waals surface area contributed by atoms with Gasteiger partial charge in [0.25, 0.3) is 0 Å². The summed E-state index contributed by atoms with van der Waals surface area (Å²) in [6.07, 6.45) is 0. The zero-order valence-corrected chi connectivity index (χ0v) is 23.0. The summed E-state index contributed by atoms with van der Waals surface area (Å²) >= 11 is 0. The summed E-state index contributed by atoms with van der Waals surface area (Å²) in [5.74, 6) is 0. The number of hydrogen-bond donors (Lipinski definition) is 0. The Kier molecular flexibility index (Phi) is 5.17. The molecule has 0 saturated carbocycles. The summed E-state index contributed by atoms with van der Waals surface area (Å²) in [6, 6.07) is 46.5. The van der Waals surface area contributed by atoms with Gasteiger partial charge in [0.15, 0.2) is 0 Å². The van der Waals surface area contributed by atoms with Crippen LogP contribution in [0.1, 0.15) is 0 Å². The molecule has 0 atom stereocenters. The smallest absolute Gasteiger partial charge is 0.0776 e. The average molecular weight is 507 g/mol. The summed E-state index contributed by atoms with van der Waals surface area (Å²) in [4.78, 5) is 2.45. The van der Waals surface area contributed by atoms with E-state index < -0.39 is 8.07 Å². The van der Waals surface area contributed by atoms with Crippen LogP contribution >= 0.6 is 0 Å². The minimum absolute atomic E-state index is 1.17. The molecule has 3 heteroatoms. The lowest BCUT2D eigenvalue weighted by Crippen LogP contribution is -2.37. The van der Waals surface area contributed by atoms with Crippen molar-refractivity contribution in [1.29, 1.82) is 0 Å². The highest BCUT2D eigenvalue weighted by molar-refractivity contribution is 6.88. The Morgan fingerprint density at radius 1 is 0.526 bits per heavy atom. The second kappa shape index (κ2) is 8.61. The molecule has 0 unspecified atom stereocenters. The summed E-state index contributed by atoms with van der Waals surface area (Å²) < 4.78 is 2.46. The van der Waals surface area contributed by atoms with Crippen LogP contribution < -0.4 is 10.1 Å². The van der Waals surface area contributed by atoms with Crippen molar-refractivity contribution in [2.75, 3.05) is 4.90 Å². The van der Waals surface area contributed by atoms with Crippen molar-refractivity contribution in [3.05, 3.63) is 127 Å². The number of fused-ring (bicyclic) bond motifs is 7. The van der Waals surface area contributed by atoms with Crippen molar-refractivity contribution in [3.8, 4) is 28.1 Å². The van der Waals surface area contributed by atoms with E-state index in [4.69, 9.17) is 0 Å². The maximum absolute atomic E-state index is 2.49. The van der Waals surface area contributed by atoms with Crippen LogP contribution in [-0.2, 0) is 0 Å². The van der Waals surface area contributed by atoms with Gasteiger partial charge in [-0.25, -0.2) is 0 Å². The molecule has 38 heavy (non-hydrogen) atoms. The fourth-order valence-electron chi connectivity index (χ4n) is 5.86. The van der Waals surface area contributed by atoms with Gasteiger partial charge in [-0.05, 0) is 42.5 Å². The molecule has 1 aromatic heterocycles. The topological polar surface area (TPSA) is 8.17 Å². The van der Waals surface area contributed by atoms with Gasteiger partial charge in [0, 0.05) is 33.5 Å². The number of nitrogens with zero attached hydrogens (tertiary/aromatic N) is 2. The van der Waals surface area contributed by atoms with E-state index in [1.807, 2.05) is 0 Å². The first-order valence-electron chi connectivity index (χ1n) is 13.3. The fourth-order valence-corrected chi connectivity index (χ4v) is 7.03. The van der Waals surface area contributed by atoms with Crippen molar-refractivity contribution >= 4 is 41.2 Å². The van der Waals surface area contributed by atoms with Crippen LogP contribution in [0.5, 0.6) is 0 Å². The van der Waals surface area contributed by atoms with Crippen LogP contribution in [0, 0.1) is 0 Å². The van der Waals surface area contributed by atoms with E-state index in [1.54, 1.807) is 0 Å². The zero-order valence-electron chi connectivity index (χ0n) is 22.0. The van der Waals surface area contributed by atoms with Gasteiger partial charge in [-0.3, -0.25) is 0 Å². The SMILES string of the molecule is C[Si](C)(C)c1ccc2c(c1)-c1c(n(-c3ccccc3)c3ccccc13)-c1ccccc1N2c1ccccc1. The predicted molar refractivity (Wildman–Crippen MR) is 165 cm³/mol. The van der Waals surface area contributed by atoms with E-state index in [-0.39, 0.29) is 0 Å². The normalized spacial score (nSPS) is 12.6. The second-order valence-corrected chi connectivity index (χ2v) is 16.2. The molecule has 0 N–H and O–H groups in total. The van der Waals surface area contributed by atoms with Crippen LogP contribution in [-0.4, -0.2) is 12.6 Å². The highest BCUT2D eigenvalue weighted by Gasteiger charge is 2.32. The largest absolute Gasteiger partial charge is 0.309 e. The number of anilines is 3. The van der Waals surface area contributed by atoms with Crippen molar-refractivity contribution in [3.63, 3.8) is 0 Å². The standard InChI is InChI=1S/C35H30N2Si/c1-38(2,3)27-22-23-33-30(24-27)34-28-18-10-12-20-31(28)37(26-16-8-5-9-17-26)35(34)29-19-11-13-21-32(29)36(33)25-14-6-4-7-15-25/h4-24H,1-3H3. The Bertz CT molecular complexity index is 1790. The van der Waals surface area contributed by atoms with Crippen molar-refractivity contribution in [1.82, 2.24) is 4.57 Å². The lowest BCUT2D eigenvalue weighted by atomic mass is 9.98. The molecule has 0 amide bonds. The molecule has 2 nitrogen and oxygen atoms in total. The molecule has 0 spiro atoms. The van der Waals surface area contributed by atoms with E-state index in [9.17, 15) is 0 Å². The van der Waals surface area contributed by atoms with Gasteiger partial charge in [-0.15, -0.1) is 0 Å². The Balaban J connectivity index is 1.70. The molecule has 0 fully saturated rings. The van der Waals surface area contributed by atoms with Gasteiger partial charge in [0.05, 0.1) is 30.7 Å². The van der Waals surface area contributed by atoms with Gasteiger partial charge < -0.3 is 9.47 Å². The van der Waals surface area contributed by atoms with Gasteiger partial charge in [0.1, 0.15) is 0 Å². The highest BCUT2D eigenvalue weighted by Crippen LogP contribution is 2.54. The summed E-state index contributed by atoms with van der Waals surface area (Å²) in [5.41, 5.74) is 11.1. The van der Waals surface area contributed by atoms with E-state index in [0.717, 1.165) is 0 Å². The Labute approximate surface area is 225 Å². The molecule has 7 rings (SSSR count). The van der Waals surface area contributed by atoms with Gasteiger partial charge >= 0.3 is 0 Å². The number of rotatable bonds is 3. The number of para-hydroxylation sites is 4. The molecule has 184 valence electrons. The molecule has 0 bridgehead atoms. The number of benzene rings is 5. The monoisotopic (exact) mass is 506 g/mol. The van der Waals surface area contributed by atoms with Crippen molar-refractivity contribution in [2.45, 2.75) is 19.6 Å². The molecule has 6 aromatic rings. The van der Waals surface area contributed by atoms with E-state index in [1.165, 1.54) is 61.2 Å². The highest BCUT2D eigenvalue weighted by atomic mass is 28.3. The molecule has 1 aliphatic heterocycles. The van der Waals surface area contributed by atoms with Crippen LogP contribution in [0.3, 0.4) is 0 Å². The molecule has 5 aromatic carbocycles. The number of aromatic nitrogens is 1. The van der Waals surface area contributed by atoms with Crippen LogP contribution in [0.15, 0.2) is 127 Å². The first-order chi connectivity index (χ1) is 18.5. The Hall–Kier alpha value is -4.34. The molecule has 0 aliphatic carbocycles. The minimum Gasteiger partial charge on any atom is -0.309 e. The maximum atomic E-state index is 2.49. The summed E-state index contributed by atoms with van der Waals surface area (Å²) in [7, 11) is -1.56.